The summed E-state index contributed by atoms with van der Waals surface area (Å²) in [5.74, 6) is 3.59. The molecule has 0 atom stereocenters. The summed E-state index contributed by atoms with van der Waals surface area (Å²) < 4.78 is 105. The Kier molecular flexibility index (Phi) is 44.8. The molecule has 1 amide bonds. The van der Waals surface area contributed by atoms with E-state index in [-0.39, 0.29) is 78.6 Å². The van der Waals surface area contributed by atoms with Crippen LogP contribution in [-0.2, 0) is 68.1 Å². The van der Waals surface area contributed by atoms with Crippen molar-refractivity contribution in [3.63, 3.8) is 0 Å². The first-order valence-electron chi connectivity index (χ1n) is 35.7. The van der Waals surface area contributed by atoms with Gasteiger partial charge in [-0.15, -0.1) is 0 Å². The van der Waals surface area contributed by atoms with Gasteiger partial charge in [-0.25, -0.2) is 36.5 Å². The first kappa shape index (κ1) is 103. The topological polar surface area (TPSA) is 699 Å². The zero-order valence-corrected chi connectivity index (χ0v) is 70.7. The largest absolute Gasteiger partial charge is 0.497 e. The zero-order valence-electron chi connectivity index (χ0n) is 69.1. The fraction of sp³-hybridized carbons (Fsp3) is 0.247. The third-order valence-electron chi connectivity index (χ3n) is 15.6. The lowest BCUT2D eigenvalue weighted by Crippen LogP contribution is -2.16. The Morgan fingerprint density at radius 1 is 0.426 bits per heavy atom. The number of hydrogen-bond acceptors (Lipinski definition) is 30. The number of aliphatic hydroxyl groups is 1. The molecule has 0 saturated carbocycles. The van der Waals surface area contributed by atoms with Gasteiger partial charge in [-0.3, -0.25) is 37.3 Å². The number of primary amides is 1. The number of hydrogen-bond donors (Lipinski definition) is 18. The summed E-state index contributed by atoms with van der Waals surface area (Å²) in [5.41, 5.74) is 54.6. The lowest BCUT2D eigenvalue weighted by Gasteiger charge is -2.11. The number of pyridine rings is 1. The van der Waals surface area contributed by atoms with Crippen molar-refractivity contribution in [3.05, 3.63) is 225 Å². The molecule has 0 radical (unpaired) electrons. The second kappa shape index (κ2) is 52.9. The van der Waals surface area contributed by atoms with Crippen LogP contribution in [0, 0.1) is 32.5 Å². The minimum Gasteiger partial charge on any atom is -0.497 e. The number of sulfonamides is 1. The fourth-order valence-corrected chi connectivity index (χ4v) is 11.2. The maximum atomic E-state index is 11.2. The number of nitrogen functional groups attached to an aromatic ring is 7. The normalized spacial score (nSPS) is 10.3. The highest BCUT2D eigenvalue weighted by Crippen LogP contribution is 2.31. The van der Waals surface area contributed by atoms with Gasteiger partial charge in [0.25, 0.3) is 0 Å². The number of aliphatic hydroxyl groups excluding tert-OH is 1. The zero-order chi connectivity index (χ0) is 92.0. The Balaban J connectivity index is 0.000000474. The van der Waals surface area contributed by atoms with E-state index in [1.807, 2.05) is 30.3 Å². The Morgan fingerprint density at radius 2 is 0.787 bits per heavy atom. The Labute approximate surface area is 706 Å². The number of nitrogens with zero attached hydrogens (tertiary/aromatic N) is 2. The van der Waals surface area contributed by atoms with Gasteiger partial charge in [-0.05, 0) is 122 Å². The van der Waals surface area contributed by atoms with Crippen LogP contribution in [0.1, 0.15) is 75.0 Å². The third kappa shape index (κ3) is 37.3. The van der Waals surface area contributed by atoms with E-state index in [0.29, 0.717) is 133 Å². The molecule has 0 spiro atoms. The number of aromatic nitrogens is 1. The van der Waals surface area contributed by atoms with E-state index in [0.717, 1.165) is 28.3 Å². The summed E-state index contributed by atoms with van der Waals surface area (Å²) >= 11 is 0. The van der Waals surface area contributed by atoms with Gasteiger partial charge in [-0.2, -0.15) is 0 Å². The Morgan fingerprint density at radius 3 is 1.14 bits per heavy atom. The molecule has 9 rings (SSSR count). The fourth-order valence-electron chi connectivity index (χ4n) is 9.77. The summed E-state index contributed by atoms with van der Waals surface area (Å²) in [6.45, 7) is 3.76. The van der Waals surface area contributed by atoms with Crippen LogP contribution in [0.5, 0.6) is 57.5 Å². The molecule has 9 aromatic rings. The summed E-state index contributed by atoms with van der Waals surface area (Å²) in [7, 11) is 5.32. The predicted octanol–water partition coefficient (Wildman–Crippen LogP) is 5.27. The average Bonchev–Trinajstić information content (AvgIpc) is 0.830. The Bertz CT molecular complexity index is 5150. The molecule has 1 aromatic heterocycles. The van der Waals surface area contributed by atoms with E-state index >= 15 is 0 Å². The summed E-state index contributed by atoms with van der Waals surface area (Å²) in [6.07, 6.45) is 3.51. The van der Waals surface area contributed by atoms with Crippen molar-refractivity contribution in [1.29, 1.82) is 32.5 Å². The molecule has 122 heavy (non-hydrogen) atoms. The molecule has 0 bridgehead atoms. The van der Waals surface area contributed by atoms with Crippen molar-refractivity contribution in [2.45, 2.75) is 38.2 Å². The first-order chi connectivity index (χ1) is 57.6. The van der Waals surface area contributed by atoms with Gasteiger partial charge in [0.1, 0.15) is 75.3 Å². The smallest absolute Gasteiger partial charge is 0.344 e. The van der Waals surface area contributed by atoms with E-state index < -0.39 is 37.7 Å². The number of carbonyl (C=O) groups excluding carboxylic acids is 3. The number of primary sulfonamides is 1. The molecule has 0 saturated heterocycles. The number of benzene rings is 8. The predicted molar refractivity (Wildman–Crippen MR) is 466 cm³/mol. The number of methoxy groups -OCH3 is 8. The van der Waals surface area contributed by atoms with Crippen LogP contribution in [0.2, 0.25) is 0 Å². The first-order valence-corrected chi connectivity index (χ1v) is 39.5. The second-order valence-electron chi connectivity index (χ2n) is 24.5. The number of carbonyl (C=O) groups is 3. The number of sulfone groups is 1. The van der Waals surface area contributed by atoms with E-state index in [1.54, 1.807) is 157 Å². The van der Waals surface area contributed by atoms with Crippen LogP contribution in [0.3, 0.4) is 0 Å². The lowest BCUT2D eigenvalue weighted by atomic mass is 10.1. The van der Waals surface area contributed by atoms with Gasteiger partial charge in [0.15, 0.2) is 51.9 Å². The van der Waals surface area contributed by atoms with Crippen LogP contribution in [0.15, 0.2) is 169 Å². The van der Waals surface area contributed by atoms with Crippen LogP contribution >= 0.6 is 0 Å². The lowest BCUT2D eigenvalue weighted by molar-refractivity contribution is -0.146. The number of esters is 2. The highest BCUT2D eigenvalue weighted by atomic mass is 32.2. The van der Waals surface area contributed by atoms with Crippen molar-refractivity contribution in [2.24, 2.45) is 56.2 Å². The monoisotopic (exact) mass is 1730 g/mol. The number of amidine groups is 7. The molecule has 0 fully saturated rings. The van der Waals surface area contributed by atoms with Gasteiger partial charge < -0.3 is 119 Å². The van der Waals surface area contributed by atoms with Gasteiger partial charge in [0.2, 0.25) is 15.9 Å². The maximum absolute atomic E-state index is 11.2. The molecular weight excluding hydrogens is 1630 g/mol. The van der Waals surface area contributed by atoms with Crippen molar-refractivity contribution in [2.75, 3.05) is 102 Å². The second-order valence-corrected chi connectivity index (χ2v) is 28.3. The van der Waals surface area contributed by atoms with Gasteiger partial charge in [0.05, 0.1) is 88.0 Å². The van der Waals surface area contributed by atoms with Crippen molar-refractivity contribution in [3.8, 4) is 57.5 Å². The minimum atomic E-state index is -3.61. The average molecular weight is 1730 g/mol. The molecule has 39 nitrogen and oxygen atoms in total. The molecule has 0 aliphatic heterocycles. The van der Waals surface area contributed by atoms with E-state index in [4.69, 9.17) is 156 Å². The quantitative estimate of drug-likeness (QED) is 0.00865. The van der Waals surface area contributed by atoms with E-state index in [9.17, 15) is 31.2 Å². The van der Waals surface area contributed by atoms with Crippen LogP contribution in [0.4, 0.5) is 5.82 Å². The van der Waals surface area contributed by atoms with Crippen LogP contribution in [-0.4, -0.2) is 187 Å². The van der Waals surface area contributed by atoms with Crippen LogP contribution in [0.25, 0.3) is 10.8 Å². The number of ether oxygens (including phenoxy) is 12. The minimum absolute atomic E-state index is 0.0128. The third-order valence-corrected chi connectivity index (χ3v) is 17.2. The molecule has 0 unspecified atom stereocenters. The van der Waals surface area contributed by atoms with Crippen molar-refractivity contribution in [1.82, 2.24) is 4.98 Å². The van der Waals surface area contributed by atoms with Crippen molar-refractivity contribution >= 4 is 95.1 Å². The number of amides is 1. The molecule has 8 aromatic carbocycles. The van der Waals surface area contributed by atoms with Crippen LogP contribution < -0.4 is 104 Å². The van der Waals surface area contributed by atoms with E-state index in [2.05, 4.69) is 10.1 Å². The highest BCUT2D eigenvalue weighted by molar-refractivity contribution is 7.89. The SMILES string of the molecule is CCOC(=O)COc1ccc(C(=N)N)cc1OC.CCOC(=O)COc1ccc(C(=N)N)cc1OC.COc1cc(C(=N)N)ccc1CC(N)=O.COc1cc(C(=N)N)ccc1CCO.COc1cc(C(=N)N)ccc1CS(C)(=O)=O.COc1cc(C(=N)N)ccc1CS(N)(=O)=O.COc1ccc2ccnc(N)c2c1.COc1cccc(C(N)=NO)c1. The Hall–Kier alpha value is -14.7. The maximum Gasteiger partial charge on any atom is 0.344 e. The number of fused-ring (bicyclic) bond motifs is 1. The number of nitrogens with one attached hydrogen (secondary N) is 6. The molecular formula is C81H106N18O21S2. The molecule has 41 heteroatoms. The highest BCUT2D eigenvalue weighted by Gasteiger charge is 2.17. The summed E-state index contributed by atoms with van der Waals surface area (Å²) in [5, 5.41) is 70.6. The molecule has 0 aliphatic rings. The molecule has 1 heterocycles. The van der Waals surface area contributed by atoms with E-state index in [1.165, 1.54) is 47.7 Å². The van der Waals surface area contributed by atoms with Gasteiger partial charge in [0, 0.05) is 80.1 Å². The standard InChI is InChI=1S/2C12H16N2O4.C10H13N3O2.C10H14N2O3S.C10H14N2O2.C10H10N2O.C9H13N3O3S.C8H10N2O2/c2*1-3-17-11(15)7-18-9-5-4-8(12(13)14)6-10(9)16-2;1-15-8-4-7(10(12)13)3-2-6(8)5-9(11)14;1-15-9-5-7(10(11)12)3-4-8(9)6-16(2,13)14;1-14-9-6-8(10(11)12)3-2-7(9)4-5-13;1-13-8-3-2-7-4-5-12-10(11)9(7)6-8;1-15-8-4-6(9(10)11)2-3-7(8)5-16(12,13)14;1-12-7-4-2-3-6(5-7)8(9)10-11/h2*4-6H,3,7H2,1-2H3,(H3,13,14);2-4H,5H2,1H3,(H2,11,14)(H3,12,13);3-5H,6H2,1-2H3,(H3,11,12);2-3,6,13H,4-5H2,1H3,(H3,11,12);2-6H,1H3,(H2,11,12);2-4H,5H2,1H3,(H3,10,11)(H2,12,13,14);2-5,11H,1H3,(H2,9,10). The van der Waals surface area contributed by atoms with Crippen molar-refractivity contribution < 1.29 is 98.4 Å². The number of rotatable bonds is 31. The van der Waals surface area contributed by atoms with Gasteiger partial charge in [-0.1, -0.05) is 71.9 Å². The number of anilines is 1. The summed E-state index contributed by atoms with van der Waals surface area (Å²) in [4.78, 5) is 37.1. The molecule has 28 N–H and O–H groups in total. The number of nitrogens with two attached hydrogens (primary N) is 10. The number of oxime groups is 1. The van der Waals surface area contributed by atoms with Gasteiger partial charge >= 0.3 is 11.9 Å². The molecule has 0 aliphatic carbocycles. The summed E-state index contributed by atoms with van der Waals surface area (Å²) in [6, 6.07) is 43.8. The molecule has 658 valence electrons.